The molecule has 0 heterocycles. The van der Waals surface area contributed by atoms with E-state index < -0.39 is 0 Å². The average Bonchev–Trinajstić information content (AvgIpc) is 2.28. The number of hydrogen-bond donors (Lipinski definition) is 0. The van der Waals surface area contributed by atoms with E-state index in [0.717, 1.165) is 24.1 Å². The first-order chi connectivity index (χ1) is 7.72. The number of benzene rings is 1. The highest BCUT2D eigenvalue weighted by Crippen LogP contribution is 2.07. The van der Waals surface area contributed by atoms with E-state index in [4.69, 9.17) is 5.26 Å². The van der Waals surface area contributed by atoms with Gasteiger partial charge in [0.15, 0.2) is 0 Å². The van der Waals surface area contributed by atoms with Crippen LogP contribution < -0.4 is 0 Å². The molecule has 0 atom stereocenters. The summed E-state index contributed by atoms with van der Waals surface area (Å²) in [7, 11) is 4.17. The Bertz CT molecular complexity index is 386. The van der Waals surface area contributed by atoms with Crippen molar-refractivity contribution in [1.29, 1.82) is 5.26 Å². The summed E-state index contributed by atoms with van der Waals surface area (Å²) >= 11 is 0. The number of allylic oxidation sites excluding steroid dienone is 1. The van der Waals surface area contributed by atoms with Crippen molar-refractivity contribution in [2.75, 3.05) is 20.6 Å². The van der Waals surface area contributed by atoms with E-state index in [2.05, 4.69) is 37.2 Å². The second kappa shape index (κ2) is 6.81. The van der Waals surface area contributed by atoms with E-state index in [1.165, 1.54) is 6.42 Å². The van der Waals surface area contributed by atoms with Crippen molar-refractivity contribution in [2.45, 2.75) is 12.8 Å². The molecule has 0 aromatic heterocycles. The van der Waals surface area contributed by atoms with Crippen LogP contribution in [0.25, 0.3) is 6.08 Å². The van der Waals surface area contributed by atoms with E-state index >= 15 is 0 Å². The molecule has 16 heavy (non-hydrogen) atoms. The fourth-order valence-electron chi connectivity index (χ4n) is 1.46. The molecule has 0 aliphatic rings. The standard InChI is InChI=1S/C14H18N2/c1-16(2)10-5-3-4-7-13-8-6-9-14(11-13)12-15/h4,6-9,11H,3,5,10H2,1-2H3/b7-4-. The maximum atomic E-state index is 8.75. The Kier molecular flexibility index (Phi) is 5.31. The number of rotatable bonds is 5. The van der Waals surface area contributed by atoms with Crippen molar-refractivity contribution in [1.82, 2.24) is 4.90 Å². The van der Waals surface area contributed by atoms with Crippen LogP contribution >= 0.6 is 0 Å². The highest BCUT2D eigenvalue weighted by Gasteiger charge is 1.91. The second-order valence-electron chi connectivity index (χ2n) is 4.09. The first-order valence-electron chi connectivity index (χ1n) is 5.54. The maximum absolute atomic E-state index is 8.75. The Balaban J connectivity index is 2.41. The van der Waals surface area contributed by atoms with Crippen molar-refractivity contribution >= 4 is 6.08 Å². The van der Waals surface area contributed by atoms with Gasteiger partial charge in [-0.3, -0.25) is 0 Å². The lowest BCUT2D eigenvalue weighted by atomic mass is 10.1. The quantitative estimate of drug-likeness (QED) is 0.705. The minimum absolute atomic E-state index is 0.718. The molecular weight excluding hydrogens is 196 g/mol. The van der Waals surface area contributed by atoms with Crippen LogP contribution in [0, 0.1) is 11.3 Å². The summed E-state index contributed by atoms with van der Waals surface area (Å²) in [5.74, 6) is 0. The van der Waals surface area contributed by atoms with Crippen molar-refractivity contribution in [2.24, 2.45) is 0 Å². The van der Waals surface area contributed by atoms with Gasteiger partial charge in [-0.15, -0.1) is 0 Å². The summed E-state index contributed by atoms with van der Waals surface area (Å²) in [5.41, 5.74) is 1.82. The molecule has 0 unspecified atom stereocenters. The lowest BCUT2D eigenvalue weighted by Crippen LogP contribution is -2.12. The zero-order chi connectivity index (χ0) is 11.8. The van der Waals surface area contributed by atoms with Crippen LogP contribution in [0.4, 0.5) is 0 Å². The Hall–Kier alpha value is -1.59. The fourth-order valence-corrected chi connectivity index (χ4v) is 1.46. The van der Waals surface area contributed by atoms with E-state index in [9.17, 15) is 0 Å². The van der Waals surface area contributed by atoms with Crippen LogP contribution in [0.2, 0.25) is 0 Å². The lowest BCUT2D eigenvalue weighted by molar-refractivity contribution is 0.402. The second-order valence-corrected chi connectivity index (χ2v) is 4.09. The van der Waals surface area contributed by atoms with Crippen LogP contribution in [-0.2, 0) is 0 Å². The van der Waals surface area contributed by atoms with Gasteiger partial charge in [0.25, 0.3) is 0 Å². The van der Waals surface area contributed by atoms with Gasteiger partial charge in [0.05, 0.1) is 11.6 Å². The molecule has 0 saturated heterocycles. The summed E-state index contributed by atoms with van der Waals surface area (Å²) < 4.78 is 0. The van der Waals surface area contributed by atoms with Gasteiger partial charge in [0.1, 0.15) is 0 Å². The van der Waals surface area contributed by atoms with Gasteiger partial charge >= 0.3 is 0 Å². The Morgan fingerprint density at radius 1 is 1.38 bits per heavy atom. The van der Waals surface area contributed by atoms with E-state index in [1.807, 2.05) is 24.3 Å². The molecule has 0 N–H and O–H groups in total. The highest BCUT2D eigenvalue weighted by molar-refractivity contribution is 5.52. The van der Waals surface area contributed by atoms with Crippen LogP contribution in [-0.4, -0.2) is 25.5 Å². The molecule has 0 fully saturated rings. The molecule has 0 aliphatic carbocycles. The predicted octanol–water partition coefficient (Wildman–Crippen LogP) is 2.91. The number of nitrogens with zero attached hydrogens (tertiary/aromatic N) is 2. The van der Waals surface area contributed by atoms with E-state index in [0.29, 0.717) is 0 Å². The topological polar surface area (TPSA) is 27.0 Å². The summed E-state index contributed by atoms with van der Waals surface area (Å²) in [6.45, 7) is 1.11. The molecule has 0 spiro atoms. The SMILES string of the molecule is CN(C)CCC/C=C\c1cccc(C#N)c1. The van der Waals surface area contributed by atoms with Gasteiger partial charge in [0, 0.05) is 0 Å². The first-order valence-corrected chi connectivity index (χ1v) is 5.54. The third-order valence-corrected chi connectivity index (χ3v) is 2.30. The van der Waals surface area contributed by atoms with Gasteiger partial charge in [-0.25, -0.2) is 0 Å². The molecule has 0 amide bonds. The van der Waals surface area contributed by atoms with Gasteiger partial charge in [-0.1, -0.05) is 24.3 Å². The van der Waals surface area contributed by atoms with E-state index in [1.54, 1.807) is 0 Å². The minimum atomic E-state index is 0.718. The first kappa shape index (κ1) is 12.5. The molecule has 0 aliphatic heterocycles. The highest BCUT2D eigenvalue weighted by atomic mass is 15.0. The zero-order valence-corrected chi connectivity index (χ0v) is 9.98. The van der Waals surface area contributed by atoms with Crippen molar-refractivity contribution < 1.29 is 0 Å². The minimum Gasteiger partial charge on any atom is -0.309 e. The molecule has 1 rings (SSSR count). The molecule has 1 aromatic rings. The Morgan fingerprint density at radius 2 is 2.19 bits per heavy atom. The van der Waals surface area contributed by atoms with Gasteiger partial charge in [-0.05, 0) is 51.2 Å². The van der Waals surface area contributed by atoms with Crippen molar-refractivity contribution in [3.05, 3.63) is 41.5 Å². The predicted molar refractivity (Wildman–Crippen MR) is 68.0 cm³/mol. The Morgan fingerprint density at radius 3 is 2.88 bits per heavy atom. The fraction of sp³-hybridized carbons (Fsp3) is 0.357. The van der Waals surface area contributed by atoms with Gasteiger partial charge in [-0.2, -0.15) is 5.26 Å². The number of hydrogen-bond acceptors (Lipinski definition) is 2. The summed E-state index contributed by atoms with van der Waals surface area (Å²) in [5, 5.41) is 8.75. The van der Waals surface area contributed by atoms with Crippen LogP contribution in [0.5, 0.6) is 0 Å². The normalized spacial score (nSPS) is 10.9. The molecule has 84 valence electrons. The van der Waals surface area contributed by atoms with Gasteiger partial charge in [0.2, 0.25) is 0 Å². The molecular formula is C14H18N2. The smallest absolute Gasteiger partial charge is 0.0991 e. The van der Waals surface area contributed by atoms with Gasteiger partial charge < -0.3 is 4.90 Å². The molecule has 2 nitrogen and oxygen atoms in total. The summed E-state index contributed by atoms with van der Waals surface area (Å²) in [6, 6.07) is 9.80. The zero-order valence-electron chi connectivity index (χ0n) is 9.98. The molecule has 0 radical (unpaired) electrons. The Labute approximate surface area is 97.8 Å². The monoisotopic (exact) mass is 214 g/mol. The third-order valence-electron chi connectivity index (χ3n) is 2.30. The molecule has 2 heteroatoms. The number of nitriles is 1. The average molecular weight is 214 g/mol. The summed E-state index contributed by atoms with van der Waals surface area (Å²) in [6.07, 6.45) is 6.49. The lowest BCUT2D eigenvalue weighted by Gasteiger charge is -2.06. The largest absolute Gasteiger partial charge is 0.309 e. The third kappa shape index (κ3) is 4.77. The van der Waals surface area contributed by atoms with E-state index in [-0.39, 0.29) is 0 Å². The van der Waals surface area contributed by atoms with Crippen LogP contribution in [0.15, 0.2) is 30.3 Å². The number of unbranched alkanes of at least 4 members (excludes halogenated alkanes) is 1. The van der Waals surface area contributed by atoms with Crippen LogP contribution in [0.3, 0.4) is 0 Å². The van der Waals surface area contributed by atoms with Crippen molar-refractivity contribution in [3.63, 3.8) is 0 Å². The maximum Gasteiger partial charge on any atom is 0.0991 e. The summed E-state index contributed by atoms with van der Waals surface area (Å²) in [4.78, 5) is 2.18. The molecule has 0 saturated carbocycles. The van der Waals surface area contributed by atoms with Crippen LogP contribution in [0.1, 0.15) is 24.0 Å². The molecule has 0 bridgehead atoms. The molecule has 1 aromatic carbocycles. The van der Waals surface area contributed by atoms with Crippen molar-refractivity contribution in [3.8, 4) is 6.07 Å².